The number of hydrogen-bond donors (Lipinski definition) is 0. The second-order valence-corrected chi connectivity index (χ2v) is 31.1. The average molecular weight is 873 g/mol. The maximum absolute atomic E-state index is 6.62. The molecule has 20 nitrogen and oxygen atoms in total. The molecule has 0 unspecified atom stereocenters. The van der Waals surface area contributed by atoms with Crippen molar-refractivity contribution in [2.24, 2.45) is 0 Å². The normalized spacial score (nSPS) is 39.8. The van der Waals surface area contributed by atoms with Gasteiger partial charge in [0.25, 0.3) is 0 Å². The standard InChI is InChI=1S/C24H40O20Si8/c1-17(2)25-45-33-46(26-18(3)4)36-49(29-21(9)10)38-47(34-45,27-19(5)6)40-51(31-23(13)14)41-48(35-45,28-20(7)8)39-50(37-46,30-22(11)12)43-52(42-49,44-51)32-24(15)16/h1,3,5,7,9,11,13,15H2,2,4,6,8,10,12,14,16H3. The molecule has 288 valence electrons. The predicted molar refractivity (Wildman–Crippen MR) is 186 cm³/mol. The lowest BCUT2D eigenvalue weighted by atomic mass is 10.7. The van der Waals surface area contributed by atoms with Crippen LogP contribution in [0.3, 0.4) is 0 Å². The van der Waals surface area contributed by atoms with E-state index in [1.165, 1.54) is 55.4 Å². The minimum Gasteiger partial charge on any atom is -0.486 e. The molecule has 6 aliphatic rings. The van der Waals surface area contributed by atoms with Crippen molar-refractivity contribution in [2.45, 2.75) is 55.4 Å². The van der Waals surface area contributed by atoms with Crippen LogP contribution in [-0.2, 0) is 84.8 Å². The Morgan fingerprint density at radius 2 is 0.308 bits per heavy atom. The van der Waals surface area contributed by atoms with E-state index in [1.54, 1.807) is 0 Å². The summed E-state index contributed by atoms with van der Waals surface area (Å²) in [6.07, 6.45) is 0. The van der Waals surface area contributed by atoms with Gasteiger partial charge in [0.05, 0.1) is 46.1 Å². The minimum absolute atomic E-state index is 0.0441. The van der Waals surface area contributed by atoms with Crippen molar-refractivity contribution in [2.75, 3.05) is 0 Å². The van der Waals surface area contributed by atoms with Crippen LogP contribution in [0.15, 0.2) is 98.7 Å². The largest absolute Gasteiger partial charge is 0.734 e. The lowest BCUT2D eigenvalue weighted by Crippen LogP contribution is -2.90. The van der Waals surface area contributed by atoms with E-state index in [0.29, 0.717) is 0 Å². The molecular formula is C24H40O20Si8. The van der Waals surface area contributed by atoms with Gasteiger partial charge in [-0.1, -0.05) is 52.6 Å². The monoisotopic (exact) mass is 872 g/mol. The zero-order chi connectivity index (χ0) is 38.8. The summed E-state index contributed by atoms with van der Waals surface area (Å²) in [5.41, 5.74) is 0. The Kier molecular flexibility index (Phi) is 10.7. The molecule has 28 heteroatoms. The van der Waals surface area contributed by atoms with E-state index in [-0.39, 0.29) is 46.1 Å². The molecule has 52 heavy (non-hydrogen) atoms. The molecule has 0 aliphatic carbocycles. The Labute approximate surface area is 310 Å². The van der Waals surface area contributed by atoms with E-state index in [4.69, 9.17) is 84.8 Å². The number of rotatable bonds is 16. The molecule has 0 aromatic heterocycles. The lowest BCUT2D eigenvalue weighted by Gasteiger charge is -2.56. The van der Waals surface area contributed by atoms with Crippen LogP contribution in [0.1, 0.15) is 55.4 Å². The lowest BCUT2D eigenvalue weighted by molar-refractivity contribution is -0.149. The third kappa shape index (κ3) is 8.60. The molecule has 8 bridgehead atoms. The third-order valence-corrected chi connectivity index (χ3v) is 34.2. The van der Waals surface area contributed by atoms with Crippen LogP contribution in [0.25, 0.3) is 0 Å². The highest BCUT2D eigenvalue weighted by molar-refractivity contribution is 6.97. The van der Waals surface area contributed by atoms with Crippen LogP contribution in [0.2, 0.25) is 0 Å². The summed E-state index contributed by atoms with van der Waals surface area (Å²) in [5.74, 6) is -0.353. The van der Waals surface area contributed by atoms with Crippen molar-refractivity contribution in [3.8, 4) is 0 Å². The molecule has 6 fully saturated rings. The predicted octanol–water partition coefficient (Wildman–Crippen LogP) is 4.14. The smallest absolute Gasteiger partial charge is 0.486 e. The van der Waals surface area contributed by atoms with E-state index < -0.39 is 72.4 Å². The highest BCUT2D eigenvalue weighted by atomic mass is 28.7. The average Bonchev–Trinajstić information content (AvgIpc) is 2.79. The molecule has 0 radical (unpaired) electrons. The Morgan fingerprint density at radius 3 is 0.365 bits per heavy atom. The molecule has 0 aromatic carbocycles. The molecule has 6 rings (SSSR count). The second kappa shape index (κ2) is 13.7. The Balaban J connectivity index is 2.01. The summed E-state index contributed by atoms with van der Waals surface area (Å²) in [4.78, 5) is 0. The van der Waals surface area contributed by atoms with E-state index >= 15 is 0 Å². The van der Waals surface area contributed by atoms with Crippen LogP contribution in [0, 0.1) is 0 Å². The fraction of sp³-hybridized carbons (Fsp3) is 0.333. The quantitative estimate of drug-likeness (QED) is 0.159. The van der Waals surface area contributed by atoms with Gasteiger partial charge in [0, 0.05) is 0 Å². The fourth-order valence-corrected chi connectivity index (χ4v) is 39.7. The summed E-state index contributed by atoms with van der Waals surface area (Å²) < 4.78 is 129. The van der Waals surface area contributed by atoms with Crippen LogP contribution in [-0.4, -0.2) is 72.4 Å². The second-order valence-electron chi connectivity index (χ2n) is 11.7. The van der Waals surface area contributed by atoms with Crippen LogP contribution >= 0.6 is 0 Å². The summed E-state index contributed by atoms with van der Waals surface area (Å²) in [6, 6.07) is 0. The number of hydrogen-bond acceptors (Lipinski definition) is 20. The van der Waals surface area contributed by atoms with Gasteiger partial charge in [-0.3, -0.25) is 0 Å². The van der Waals surface area contributed by atoms with Gasteiger partial charge < -0.3 is 84.8 Å². The zero-order valence-corrected chi connectivity index (χ0v) is 37.8. The molecule has 6 aliphatic heterocycles. The molecule has 0 spiro atoms. The van der Waals surface area contributed by atoms with Crippen LogP contribution in [0.5, 0.6) is 0 Å². The van der Waals surface area contributed by atoms with Gasteiger partial charge >= 0.3 is 72.4 Å². The van der Waals surface area contributed by atoms with Crippen molar-refractivity contribution >= 4 is 72.4 Å². The topological polar surface area (TPSA) is 185 Å². The molecule has 0 saturated carbocycles. The van der Waals surface area contributed by atoms with E-state index in [9.17, 15) is 0 Å². The maximum atomic E-state index is 6.62. The molecule has 0 atom stereocenters. The summed E-state index contributed by atoms with van der Waals surface area (Å²) in [7, 11) is -41.8. The van der Waals surface area contributed by atoms with Crippen molar-refractivity contribution in [1.29, 1.82) is 0 Å². The third-order valence-electron chi connectivity index (χ3n) is 5.39. The van der Waals surface area contributed by atoms with Gasteiger partial charge in [-0.15, -0.1) is 0 Å². The SMILES string of the molecule is C=C(C)O[Si]12O[Si]3(OC(=C)C)O[Si]4(OC(=C)C)O[Si](OC(=C)C)(O1)O[Si]1(OC(=C)C)O[Si](OC(=C)C)(O2)O[Si](OC(=C)C)(O3)O[Si](OC(=C)C)(O4)O1. The van der Waals surface area contributed by atoms with Crippen molar-refractivity contribution in [3.05, 3.63) is 98.7 Å². The Morgan fingerprint density at radius 1 is 0.231 bits per heavy atom. The Hall–Kier alpha value is -2.42. The minimum atomic E-state index is -5.23. The first-order valence-electron chi connectivity index (χ1n) is 15.0. The van der Waals surface area contributed by atoms with E-state index in [2.05, 4.69) is 52.6 Å². The summed E-state index contributed by atoms with van der Waals surface area (Å²) in [5, 5.41) is 0. The van der Waals surface area contributed by atoms with Crippen molar-refractivity contribution in [3.63, 3.8) is 0 Å². The van der Waals surface area contributed by atoms with Crippen molar-refractivity contribution < 1.29 is 84.8 Å². The molecular weight excluding hydrogens is 833 g/mol. The van der Waals surface area contributed by atoms with E-state index in [0.717, 1.165) is 0 Å². The van der Waals surface area contributed by atoms with E-state index in [1.807, 2.05) is 0 Å². The zero-order valence-electron chi connectivity index (χ0n) is 29.8. The maximum Gasteiger partial charge on any atom is 0.734 e. The van der Waals surface area contributed by atoms with Gasteiger partial charge in [0.1, 0.15) is 0 Å². The molecule has 0 amide bonds. The highest BCUT2D eigenvalue weighted by Gasteiger charge is 2.95. The van der Waals surface area contributed by atoms with Crippen LogP contribution in [0.4, 0.5) is 0 Å². The van der Waals surface area contributed by atoms with Crippen LogP contribution < -0.4 is 0 Å². The molecule has 6 heterocycles. The molecule has 0 N–H and O–H groups in total. The molecule has 6 saturated heterocycles. The van der Waals surface area contributed by atoms with Crippen molar-refractivity contribution in [1.82, 2.24) is 0 Å². The van der Waals surface area contributed by atoms with Gasteiger partial charge in [-0.2, -0.15) is 0 Å². The fourth-order valence-electron chi connectivity index (χ4n) is 4.54. The van der Waals surface area contributed by atoms with Gasteiger partial charge in [0.2, 0.25) is 0 Å². The van der Waals surface area contributed by atoms with Gasteiger partial charge in [-0.25, -0.2) is 0 Å². The number of allylic oxidation sites excluding steroid dienone is 8. The van der Waals surface area contributed by atoms with Gasteiger partial charge in [-0.05, 0) is 55.4 Å². The summed E-state index contributed by atoms with van der Waals surface area (Å²) in [6.45, 7) is 42.4. The molecule has 0 aromatic rings. The first kappa shape index (κ1) is 40.8. The Bertz CT molecular complexity index is 1200. The van der Waals surface area contributed by atoms with Gasteiger partial charge in [0.15, 0.2) is 0 Å². The first-order chi connectivity index (χ1) is 23.8. The highest BCUT2D eigenvalue weighted by Crippen LogP contribution is 2.52. The first-order valence-corrected chi connectivity index (χ1v) is 28.1. The summed E-state index contributed by atoms with van der Waals surface area (Å²) >= 11 is 0.